The fourth-order valence-electron chi connectivity index (χ4n) is 3.79. The lowest BCUT2D eigenvalue weighted by Crippen LogP contribution is -2.43. The maximum atomic E-state index is 12.4. The van der Waals surface area contributed by atoms with Crippen molar-refractivity contribution in [3.8, 4) is 5.75 Å². The highest BCUT2D eigenvalue weighted by molar-refractivity contribution is 5.79. The highest BCUT2D eigenvalue weighted by atomic mass is 16.5. The van der Waals surface area contributed by atoms with Crippen molar-refractivity contribution in [3.05, 3.63) is 29.8 Å². The summed E-state index contributed by atoms with van der Waals surface area (Å²) in [5, 5.41) is 12.8. The van der Waals surface area contributed by atoms with E-state index in [1.54, 1.807) is 7.11 Å². The molecule has 3 rings (SSSR count). The van der Waals surface area contributed by atoms with Crippen LogP contribution in [0.1, 0.15) is 18.4 Å². The molecule has 2 fully saturated rings. The summed E-state index contributed by atoms with van der Waals surface area (Å²) in [5.74, 6) is 0.887. The number of hydrogen-bond acceptors (Lipinski definition) is 5. The average molecular weight is 348 g/mol. The number of methoxy groups -OCH3 is 1. The smallest absolute Gasteiger partial charge is 0.224 e. The van der Waals surface area contributed by atoms with E-state index in [-0.39, 0.29) is 24.5 Å². The molecule has 6 nitrogen and oxygen atoms in total. The van der Waals surface area contributed by atoms with Gasteiger partial charge in [-0.05, 0) is 30.5 Å². The largest absolute Gasteiger partial charge is 0.497 e. The van der Waals surface area contributed by atoms with Crippen molar-refractivity contribution in [2.75, 3.05) is 40.0 Å². The van der Waals surface area contributed by atoms with E-state index >= 15 is 0 Å². The maximum absolute atomic E-state index is 12.4. The van der Waals surface area contributed by atoms with E-state index in [2.05, 4.69) is 10.2 Å². The van der Waals surface area contributed by atoms with Crippen molar-refractivity contribution in [1.29, 1.82) is 0 Å². The average Bonchev–Trinajstić information content (AvgIpc) is 3.06. The first-order valence-corrected chi connectivity index (χ1v) is 9.04. The SMILES string of the molecule is COc1ccc(CC(=O)N[C@@H]2CN(C3CCOCC3)C[C@H]2CO)cc1. The van der Waals surface area contributed by atoms with Crippen LogP contribution < -0.4 is 10.1 Å². The van der Waals surface area contributed by atoms with Crippen LogP contribution in [0.3, 0.4) is 0 Å². The summed E-state index contributed by atoms with van der Waals surface area (Å²) in [6.45, 7) is 3.37. The van der Waals surface area contributed by atoms with Gasteiger partial charge < -0.3 is 19.9 Å². The Hall–Kier alpha value is -1.63. The van der Waals surface area contributed by atoms with Gasteiger partial charge in [0.2, 0.25) is 5.91 Å². The molecular formula is C19H28N2O4. The van der Waals surface area contributed by atoms with E-state index in [9.17, 15) is 9.90 Å². The summed E-state index contributed by atoms with van der Waals surface area (Å²) >= 11 is 0. The molecule has 0 unspecified atom stereocenters. The van der Waals surface area contributed by atoms with E-state index in [4.69, 9.17) is 9.47 Å². The molecular weight excluding hydrogens is 320 g/mol. The van der Waals surface area contributed by atoms with Crippen LogP contribution in [0.15, 0.2) is 24.3 Å². The molecule has 0 spiro atoms. The number of aliphatic hydroxyl groups is 1. The summed E-state index contributed by atoms with van der Waals surface area (Å²) < 4.78 is 10.6. The molecule has 2 aliphatic heterocycles. The highest BCUT2D eigenvalue weighted by Crippen LogP contribution is 2.24. The number of likely N-dealkylation sites (tertiary alicyclic amines) is 1. The number of aliphatic hydroxyl groups excluding tert-OH is 1. The molecule has 138 valence electrons. The monoisotopic (exact) mass is 348 g/mol. The number of nitrogens with one attached hydrogen (secondary N) is 1. The number of rotatable bonds is 6. The Kier molecular flexibility index (Phi) is 6.29. The molecule has 1 aromatic carbocycles. The van der Waals surface area contributed by atoms with E-state index in [1.165, 1.54) is 0 Å². The fraction of sp³-hybridized carbons (Fsp3) is 0.632. The third kappa shape index (κ3) is 4.71. The van der Waals surface area contributed by atoms with E-state index in [0.29, 0.717) is 12.5 Å². The first-order valence-electron chi connectivity index (χ1n) is 9.04. The summed E-state index contributed by atoms with van der Waals surface area (Å²) in [6.07, 6.45) is 2.41. The second kappa shape index (κ2) is 8.65. The highest BCUT2D eigenvalue weighted by Gasteiger charge is 2.36. The van der Waals surface area contributed by atoms with Crippen LogP contribution in [0, 0.1) is 5.92 Å². The van der Waals surface area contributed by atoms with Crippen LogP contribution in [0.4, 0.5) is 0 Å². The van der Waals surface area contributed by atoms with Crippen LogP contribution >= 0.6 is 0 Å². The molecule has 25 heavy (non-hydrogen) atoms. The lowest BCUT2D eigenvalue weighted by Gasteiger charge is -2.31. The Balaban J connectivity index is 1.53. The van der Waals surface area contributed by atoms with Crippen molar-refractivity contribution in [2.24, 2.45) is 5.92 Å². The van der Waals surface area contributed by atoms with Gasteiger partial charge in [0.05, 0.1) is 13.5 Å². The third-order valence-corrected chi connectivity index (χ3v) is 5.28. The first-order chi connectivity index (χ1) is 12.2. The van der Waals surface area contributed by atoms with Crippen LogP contribution in [-0.4, -0.2) is 68.0 Å². The third-order valence-electron chi connectivity index (χ3n) is 5.28. The van der Waals surface area contributed by atoms with Gasteiger partial charge in [-0.15, -0.1) is 0 Å². The van der Waals surface area contributed by atoms with Gasteiger partial charge in [-0.2, -0.15) is 0 Å². The number of amides is 1. The van der Waals surface area contributed by atoms with Crippen molar-refractivity contribution >= 4 is 5.91 Å². The van der Waals surface area contributed by atoms with Crippen LogP contribution in [0.2, 0.25) is 0 Å². The Morgan fingerprint density at radius 2 is 2.00 bits per heavy atom. The van der Waals surface area contributed by atoms with Gasteiger partial charge >= 0.3 is 0 Å². The molecule has 0 radical (unpaired) electrons. The van der Waals surface area contributed by atoms with Crippen LogP contribution in [0.5, 0.6) is 5.75 Å². The van der Waals surface area contributed by atoms with Crippen molar-refractivity contribution in [1.82, 2.24) is 10.2 Å². The predicted molar refractivity (Wildman–Crippen MR) is 94.6 cm³/mol. The number of hydrogen-bond donors (Lipinski definition) is 2. The summed E-state index contributed by atoms with van der Waals surface area (Å²) in [5.41, 5.74) is 0.957. The van der Waals surface area contributed by atoms with Crippen molar-refractivity contribution < 1.29 is 19.4 Å². The predicted octanol–water partition coefficient (Wildman–Crippen LogP) is 0.826. The van der Waals surface area contributed by atoms with E-state index < -0.39 is 0 Å². The lowest BCUT2D eigenvalue weighted by molar-refractivity contribution is -0.121. The molecule has 0 saturated carbocycles. The molecule has 0 aromatic heterocycles. The zero-order valence-corrected chi connectivity index (χ0v) is 14.8. The number of benzene rings is 1. The van der Waals surface area contributed by atoms with Crippen LogP contribution in [0.25, 0.3) is 0 Å². The van der Waals surface area contributed by atoms with Gasteiger partial charge in [-0.3, -0.25) is 9.69 Å². The van der Waals surface area contributed by atoms with Gasteiger partial charge in [-0.25, -0.2) is 0 Å². The van der Waals surface area contributed by atoms with Crippen LogP contribution in [-0.2, 0) is 16.0 Å². The molecule has 0 bridgehead atoms. The molecule has 2 N–H and O–H groups in total. The molecule has 2 heterocycles. The minimum Gasteiger partial charge on any atom is -0.497 e. The number of ether oxygens (including phenoxy) is 2. The molecule has 1 amide bonds. The standard InChI is InChI=1S/C19H28N2O4/c1-24-17-4-2-14(3-5-17)10-19(23)20-18-12-21(11-15(18)13-22)16-6-8-25-9-7-16/h2-5,15-16,18,22H,6-13H2,1H3,(H,20,23)/t15-,18+/m0/s1. The van der Waals surface area contributed by atoms with Gasteiger partial charge in [-0.1, -0.05) is 12.1 Å². The lowest BCUT2D eigenvalue weighted by atomic mass is 10.0. The van der Waals surface area contributed by atoms with Crippen molar-refractivity contribution in [3.63, 3.8) is 0 Å². The number of nitrogens with zero attached hydrogens (tertiary/aromatic N) is 1. The topological polar surface area (TPSA) is 71.0 Å². The van der Waals surface area contributed by atoms with Crippen molar-refractivity contribution in [2.45, 2.75) is 31.3 Å². The zero-order chi connectivity index (χ0) is 17.6. The second-order valence-corrected chi connectivity index (χ2v) is 6.94. The number of carbonyl (C=O) groups excluding carboxylic acids is 1. The quantitative estimate of drug-likeness (QED) is 0.797. The molecule has 0 aliphatic carbocycles. The van der Waals surface area contributed by atoms with E-state index in [1.807, 2.05) is 24.3 Å². The second-order valence-electron chi connectivity index (χ2n) is 6.94. The molecule has 2 saturated heterocycles. The zero-order valence-electron chi connectivity index (χ0n) is 14.8. The van der Waals surface area contributed by atoms with Gasteiger partial charge in [0, 0.05) is 50.9 Å². The van der Waals surface area contributed by atoms with E-state index in [0.717, 1.165) is 50.5 Å². The molecule has 2 atom stereocenters. The minimum absolute atomic E-state index is 0.00226. The summed E-state index contributed by atoms with van der Waals surface area (Å²) in [7, 11) is 1.63. The summed E-state index contributed by atoms with van der Waals surface area (Å²) in [4.78, 5) is 14.8. The Morgan fingerprint density at radius 1 is 1.28 bits per heavy atom. The Bertz CT molecular complexity index is 557. The Labute approximate surface area is 149 Å². The normalized spacial score (nSPS) is 25.0. The van der Waals surface area contributed by atoms with Gasteiger partial charge in [0.15, 0.2) is 0 Å². The Morgan fingerprint density at radius 3 is 2.64 bits per heavy atom. The van der Waals surface area contributed by atoms with Gasteiger partial charge in [0.25, 0.3) is 0 Å². The molecule has 2 aliphatic rings. The maximum Gasteiger partial charge on any atom is 0.224 e. The first kappa shape index (κ1) is 18.2. The molecule has 1 aromatic rings. The van der Waals surface area contributed by atoms with Gasteiger partial charge in [0.1, 0.15) is 5.75 Å². The number of carbonyl (C=O) groups is 1. The fourth-order valence-corrected chi connectivity index (χ4v) is 3.79. The summed E-state index contributed by atoms with van der Waals surface area (Å²) in [6, 6.07) is 8.06. The molecule has 6 heteroatoms. The minimum atomic E-state index is 0.00226.